The summed E-state index contributed by atoms with van der Waals surface area (Å²) in [5, 5.41) is 0. The van der Waals surface area contributed by atoms with E-state index in [2.05, 4.69) is 6.92 Å². The van der Waals surface area contributed by atoms with Crippen molar-refractivity contribution in [3.8, 4) is 0 Å². The van der Waals surface area contributed by atoms with E-state index >= 15 is 0 Å². The van der Waals surface area contributed by atoms with Crippen molar-refractivity contribution < 1.29 is 0 Å². The maximum atomic E-state index is 2.49. The van der Waals surface area contributed by atoms with E-state index in [1.165, 1.54) is 18.3 Å². The SMILES string of the molecule is CC1C(C2CC2)C12CCC2. The molecule has 2 unspecified atom stereocenters. The van der Waals surface area contributed by atoms with Crippen LogP contribution in [0.2, 0.25) is 0 Å². The summed E-state index contributed by atoms with van der Waals surface area (Å²) in [5.74, 6) is 3.50. The molecule has 0 aromatic carbocycles. The summed E-state index contributed by atoms with van der Waals surface area (Å²) in [4.78, 5) is 0. The third kappa shape index (κ3) is 0.466. The quantitative estimate of drug-likeness (QED) is 0.520. The number of hydrogen-bond acceptors (Lipinski definition) is 0. The van der Waals surface area contributed by atoms with Crippen LogP contribution in [0.1, 0.15) is 39.0 Å². The predicted molar refractivity (Wildman–Crippen MR) is 41.7 cm³/mol. The van der Waals surface area contributed by atoms with Gasteiger partial charge in [-0.3, -0.25) is 0 Å². The van der Waals surface area contributed by atoms with Gasteiger partial charge in [-0.15, -0.1) is 0 Å². The van der Waals surface area contributed by atoms with Crippen molar-refractivity contribution in [2.45, 2.75) is 39.0 Å². The van der Waals surface area contributed by atoms with Crippen LogP contribution < -0.4 is 0 Å². The van der Waals surface area contributed by atoms with Crippen molar-refractivity contribution in [2.75, 3.05) is 0 Å². The summed E-state index contributed by atoms with van der Waals surface area (Å²) in [6.07, 6.45) is 7.83. The maximum Gasteiger partial charge on any atom is -0.0235 e. The second kappa shape index (κ2) is 1.44. The molecule has 0 nitrogen and oxygen atoms in total. The maximum absolute atomic E-state index is 2.49. The van der Waals surface area contributed by atoms with E-state index in [0.29, 0.717) is 0 Å². The zero-order valence-electron chi connectivity index (χ0n) is 6.77. The largest absolute Gasteiger partial charge is 0.0617 e. The minimum Gasteiger partial charge on any atom is -0.0617 e. The van der Waals surface area contributed by atoms with Gasteiger partial charge < -0.3 is 0 Å². The zero-order chi connectivity index (χ0) is 6.77. The van der Waals surface area contributed by atoms with Gasteiger partial charge in [0.05, 0.1) is 0 Å². The van der Waals surface area contributed by atoms with Crippen molar-refractivity contribution in [1.29, 1.82) is 0 Å². The van der Waals surface area contributed by atoms with Gasteiger partial charge in [0.25, 0.3) is 0 Å². The van der Waals surface area contributed by atoms with Crippen LogP contribution in [0.4, 0.5) is 0 Å². The Morgan fingerprint density at radius 2 is 1.90 bits per heavy atom. The van der Waals surface area contributed by atoms with Gasteiger partial charge in [-0.1, -0.05) is 13.3 Å². The average Bonchev–Trinajstić information content (AvgIpc) is 2.54. The van der Waals surface area contributed by atoms with Crippen LogP contribution in [-0.2, 0) is 0 Å². The Kier molecular flexibility index (Phi) is 0.810. The minimum atomic E-state index is 0.932. The summed E-state index contributed by atoms with van der Waals surface area (Å²) >= 11 is 0. The smallest absolute Gasteiger partial charge is 0.0235 e. The molecule has 0 aromatic heterocycles. The molecule has 10 heavy (non-hydrogen) atoms. The van der Waals surface area contributed by atoms with Crippen LogP contribution in [0.3, 0.4) is 0 Å². The van der Waals surface area contributed by atoms with E-state index in [9.17, 15) is 0 Å². The molecule has 3 fully saturated rings. The molecule has 0 N–H and O–H groups in total. The Labute approximate surface area is 63.0 Å². The van der Waals surface area contributed by atoms with Crippen LogP contribution in [0.25, 0.3) is 0 Å². The van der Waals surface area contributed by atoms with Gasteiger partial charge in [0.15, 0.2) is 0 Å². The van der Waals surface area contributed by atoms with Crippen molar-refractivity contribution >= 4 is 0 Å². The van der Waals surface area contributed by atoms with Crippen molar-refractivity contribution in [1.82, 2.24) is 0 Å². The van der Waals surface area contributed by atoms with Gasteiger partial charge in [0, 0.05) is 0 Å². The van der Waals surface area contributed by atoms with Gasteiger partial charge in [0.1, 0.15) is 0 Å². The first-order chi connectivity index (χ1) is 4.84. The van der Waals surface area contributed by atoms with Crippen molar-refractivity contribution in [3.63, 3.8) is 0 Å². The fourth-order valence-corrected chi connectivity index (χ4v) is 3.44. The summed E-state index contributed by atoms with van der Waals surface area (Å²) in [5.41, 5.74) is 0.932. The molecule has 1 spiro atoms. The highest BCUT2D eigenvalue weighted by Gasteiger charge is 2.67. The molecule has 0 saturated heterocycles. The molecule has 0 amide bonds. The number of hydrogen-bond donors (Lipinski definition) is 0. The Morgan fingerprint density at radius 3 is 2.20 bits per heavy atom. The summed E-state index contributed by atoms with van der Waals surface area (Å²) < 4.78 is 0. The average molecular weight is 136 g/mol. The van der Waals surface area contributed by atoms with E-state index in [1.807, 2.05) is 0 Å². The molecular formula is C10H16. The van der Waals surface area contributed by atoms with Crippen molar-refractivity contribution in [2.24, 2.45) is 23.2 Å². The molecular weight excluding hydrogens is 120 g/mol. The fraction of sp³-hybridized carbons (Fsp3) is 1.00. The summed E-state index contributed by atoms with van der Waals surface area (Å²) in [7, 11) is 0. The van der Waals surface area contributed by atoms with E-state index < -0.39 is 0 Å². The van der Waals surface area contributed by atoms with Gasteiger partial charge in [-0.25, -0.2) is 0 Å². The molecule has 3 saturated carbocycles. The third-order valence-electron chi connectivity index (χ3n) is 4.41. The number of rotatable bonds is 1. The molecule has 3 rings (SSSR count). The lowest BCUT2D eigenvalue weighted by Crippen LogP contribution is -2.16. The molecule has 0 aliphatic heterocycles. The van der Waals surface area contributed by atoms with Crippen LogP contribution in [0, 0.1) is 23.2 Å². The van der Waals surface area contributed by atoms with Gasteiger partial charge in [-0.05, 0) is 48.9 Å². The fourth-order valence-electron chi connectivity index (χ4n) is 3.44. The van der Waals surface area contributed by atoms with Gasteiger partial charge in [0.2, 0.25) is 0 Å². The first-order valence-corrected chi connectivity index (χ1v) is 4.84. The highest BCUT2D eigenvalue weighted by Crippen LogP contribution is 2.75. The lowest BCUT2D eigenvalue weighted by molar-refractivity contribution is 0.236. The Morgan fingerprint density at radius 1 is 1.20 bits per heavy atom. The van der Waals surface area contributed by atoms with E-state index in [-0.39, 0.29) is 0 Å². The predicted octanol–water partition coefficient (Wildman–Crippen LogP) is 2.83. The monoisotopic (exact) mass is 136 g/mol. The molecule has 0 bridgehead atoms. The van der Waals surface area contributed by atoms with Crippen molar-refractivity contribution in [3.05, 3.63) is 0 Å². The molecule has 56 valence electrons. The topological polar surface area (TPSA) is 0 Å². The zero-order valence-corrected chi connectivity index (χ0v) is 6.77. The summed E-state index contributed by atoms with van der Waals surface area (Å²) in [6.45, 7) is 2.49. The first-order valence-electron chi connectivity index (χ1n) is 4.84. The lowest BCUT2D eigenvalue weighted by atomic mass is 9.78. The Balaban J connectivity index is 1.78. The van der Waals surface area contributed by atoms with E-state index in [1.54, 1.807) is 25.7 Å². The Hall–Kier alpha value is 0. The molecule has 3 aliphatic carbocycles. The molecule has 0 aromatic rings. The molecule has 2 atom stereocenters. The second-order valence-corrected chi connectivity index (χ2v) is 4.74. The molecule has 3 aliphatic rings. The van der Waals surface area contributed by atoms with Gasteiger partial charge in [-0.2, -0.15) is 0 Å². The van der Waals surface area contributed by atoms with Gasteiger partial charge >= 0.3 is 0 Å². The normalized spacial score (nSPS) is 48.9. The molecule has 0 heteroatoms. The van der Waals surface area contributed by atoms with Crippen LogP contribution >= 0.6 is 0 Å². The van der Waals surface area contributed by atoms with Crippen LogP contribution in [-0.4, -0.2) is 0 Å². The molecule has 0 radical (unpaired) electrons. The lowest BCUT2D eigenvalue weighted by Gasteiger charge is -2.27. The standard InChI is InChI=1S/C10H16/c1-7-9(8-3-4-8)10(7)5-2-6-10/h7-9H,2-6H2,1H3. The highest BCUT2D eigenvalue weighted by molar-refractivity contribution is 5.16. The minimum absolute atomic E-state index is 0.932. The van der Waals surface area contributed by atoms with E-state index in [0.717, 1.165) is 11.3 Å². The van der Waals surface area contributed by atoms with E-state index in [4.69, 9.17) is 0 Å². The first kappa shape index (κ1) is 5.62. The second-order valence-electron chi connectivity index (χ2n) is 4.74. The third-order valence-corrected chi connectivity index (χ3v) is 4.41. The molecule has 0 heterocycles. The Bertz CT molecular complexity index is 163. The summed E-state index contributed by atoms with van der Waals surface area (Å²) in [6, 6.07) is 0. The van der Waals surface area contributed by atoms with Crippen LogP contribution in [0.5, 0.6) is 0 Å². The van der Waals surface area contributed by atoms with Crippen LogP contribution in [0.15, 0.2) is 0 Å². The highest BCUT2D eigenvalue weighted by atomic mass is 14.7.